The first-order valence-corrected chi connectivity index (χ1v) is 16.9. The van der Waals surface area contributed by atoms with E-state index in [1.807, 2.05) is 35.2 Å². The number of hydrogen-bond acceptors (Lipinski definition) is 6. The van der Waals surface area contributed by atoms with E-state index in [4.69, 9.17) is 9.72 Å². The van der Waals surface area contributed by atoms with E-state index in [9.17, 15) is 28.2 Å². The van der Waals surface area contributed by atoms with Crippen molar-refractivity contribution in [2.24, 2.45) is 0 Å². The van der Waals surface area contributed by atoms with Crippen molar-refractivity contribution >= 4 is 27.7 Å². The van der Waals surface area contributed by atoms with Crippen molar-refractivity contribution < 1.29 is 37.7 Å². The Morgan fingerprint density at radius 1 is 0.939 bits per heavy atom. The van der Waals surface area contributed by atoms with Crippen LogP contribution in [-0.2, 0) is 16.0 Å². The molecule has 1 amide bonds. The summed E-state index contributed by atoms with van der Waals surface area (Å²) >= 11 is 0. The van der Waals surface area contributed by atoms with Gasteiger partial charge in [0.05, 0.1) is 35.6 Å². The highest BCUT2D eigenvalue weighted by molar-refractivity contribution is 6.01. The number of nitrogens with zero attached hydrogens (tertiary/aromatic N) is 3. The molecule has 1 atom stereocenters. The number of amides is 1. The molecule has 11 heteroatoms. The first-order valence-electron chi connectivity index (χ1n) is 16.9. The van der Waals surface area contributed by atoms with Crippen LogP contribution in [0.5, 0.6) is 5.75 Å². The summed E-state index contributed by atoms with van der Waals surface area (Å²) in [5, 5.41) is 22.2. The molecule has 3 aliphatic rings. The Hall–Kier alpha value is -4.45. The van der Waals surface area contributed by atoms with E-state index in [1.165, 1.54) is 30.2 Å². The van der Waals surface area contributed by atoms with E-state index < -0.39 is 18.7 Å². The lowest BCUT2D eigenvalue weighted by Crippen LogP contribution is -2.45. The minimum absolute atomic E-state index is 0.0136. The van der Waals surface area contributed by atoms with Crippen molar-refractivity contribution in [3.8, 4) is 28.3 Å². The lowest BCUT2D eigenvalue weighted by molar-refractivity contribution is -0.274. The van der Waals surface area contributed by atoms with Crippen LogP contribution in [0.2, 0.25) is 0 Å². The van der Waals surface area contributed by atoms with Crippen molar-refractivity contribution in [1.29, 1.82) is 0 Å². The molecule has 1 unspecified atom stereocenters. The highest BCUT2D eigenvalue weighted by atomic mass is 19.4. The highest BCUT2D eigenvalue weighted by Gasteiger charge is 2.39. The quantitative estimate of drug-likeness (QED) is 0.189. The normalized spacial score (nSPS) is 18.6. The number of pyridine rings is 1. The topological polar surface area (TPSA) is 97.1 Å². The van der Waals surface area contributed by atoms with Gasteiger partial charge in [0.25, 0.3) is 0 Å². The Kier molecular flexibility index (Phi) is 8.08. The molecule has 2 N–H and O–H groups in total. The number of rotatable bonds is 5. The number of ether oxygens (including phenoxy) is 2. The van der Waals surface area contributed by atoms with E-state index in [0.29, 0.717) is 55.1 Å². The number of aromatic nitrogens is 2. The number of alkyl halides is 3. The van der Waals surface area contributed by atoms with Gasteiger partial charge in [-0.15, -0.1) is 13.2 Å². The molecule has 1 saturated heterocycles. The van der Waals surface area contributed by atoms with Crippen molar-refractivity contribution in [2.45, 2.75) is 63.1 Å². The van der Waals surface area contributed by atoms with Gasteiger partial charge < -0.3 is 29.2 Å². The SMILES string of the molecule is O=C(C1Cc2c(ccc3nc(-c4cccc(OC(F)(F)F)c4)ccc23)-c2c(C3CCCCC3)c3ccc(C(O)O)cc3n21)N1CCOCC1. The molecule has 0 radical (unpaired) electrons. The van der Waals surface area contributed by atoms with Crippen LogP contribution in [0.1, 0.15) is 67.0 Å². The average molecular weight is 672 g/mol. The van der Waals surface area contributed by atoms with Gasteiger partial charge in [-0.3, -0.25) is 4.79 Å². The molecule has 0 spiro atoms. The van der Waals surface area contributed by atoms with Gasteiger partial charge in [0, 0.05) is 47.0 Å². The molecule has 8 rings (SSSR count). The minimum atomic E-state index is -4.80. The predicted octanol–water partition coefficient (Wildman–Crippen LogP) is 7.41. The number of carbonyl (C=O) groups is 1. The number of benzene rings is 3. The molecule has 2 fully saturated rings. The number of halogens is 3. The summed E-state index contributed by atoms with van der Waals surface area (Å²) in [6.07, 6.45) is -0.576. The molecule has 254 valence electrons. The molecular weight excluding hydrogens is 635 g/mol. The third-order valence-electron chi connectivity index (χ3n) is 10.3. The van der Waals surface area contributed by atoms with Crippen LogP contribution in [0.4, 0.5) is 13.2 Å². The van der Waals surface area contributed by atoms with Crippen LogP contribution < -0.4 is 4.74 Å². The lowest BCUT2D eigenvalue weighted by Gasteiger charge is -2.35. The van der Waals surface area contributed by atoms with Gasteiger partial charge in [-0.1, -0.05) is 55.7 Å². The van der Waals surface area contributed by atoms with Crippen LogP contribution in [0, 0.1) is 0 Å². The Labute approximate surface area is 280 Å². The molecule has 1 saturated carbocycles. The third-order valence-corrected chi connectivity index (χ3v) is 10.3. The molecule has 3 aromatic carbocycles. The molecule has 0 bridgehead atoms. The Bertz CT molecular complexity index is 2060. The van der Waals surface area contributed by atoms with Crippen molar-refractivity contribution in [3.05, 3.63) is 83.4 Å². The summed E-state index contributed by atoms with van der Waals surface area (Å²) in [6, 6.07) is 18.5. The second kappa shape index (κ2) is 12.5. The summed E-state index contributed by atoms with van der Waals surface area (Å²) in [4.78, 5) is 21.3. The molecule has 8 nitrogen and oxygen atoms in total. The zero-order chi connectivity index (χ0) is 33.9. The van der Waals surface area contributed by atoms with E-state index in [1.54, 1.807) is 18.2 Å². The maximum Gasteiger partial charge on any atom is 0.573 e. The van der Waals surface area contributed by atoms with Crippen molar-refractivity contribution in [2.75, 3.05) is 26.3 Å². The first kappa shape index (κ1) is 31.8. The fourth-order valence-electron chi connectivity index (χ4n) is 8.11. The van der Waals surface area contributed by atoms with E-state index in [0.717, 1.165) is 58.8 Å². The number of hydrogen-bond donors (Lipinski definition) is 2. The smallest absolute Gasteiger partial charge is 0.406 e. The predicted molar refractivity (Wildman–Crippen MR) is 178 cm³/mol. The monoisotopic (exact) mass is 671 g/mol. The summed E-state index contributed by atoms with van der Waals surface area (Å²) in [5.41, 5.74) is 7.03. The maximum atomic E-state index is 14.5. The number of morpholine rings is 1. The van der Waals surface area contributed by atoms with Crippen LogP contribution in [-0.4, -0.2) is 63.2 Å². The summed E-state index contributed by atoms with van der Waals surface area (Å²) in [5.74, 6) is -0.0491. The van der Waals surface area contributed by atoms with Crippen molar-refractivity contribution in [1.82, 2.24) is 14.5 Å². The second-order valence-corrected chi connectivity index (χ2v) is 13.2. The molecule has 1 aliphatic carbocycles. The zero-order valence-corrected chi connectivity index (χ0v) is 26.7. The fourth-order valence-corrected chi connectivity index (χ4v) is 8.11. The fraction of sp³-hybridized carbons (Fsp3) is 0.368. The zero-order valence-electron chi connectivity index (χ0n) is 26.7. The summed E-state index contributed by atoms with van der Waals surface area (Å²) in [6.45, 7) is 1.91. The molecular formula is C38H36F3N3O5. The third kappa shape index (κ3) is 5.83. The van der Waals surface area contributed by atoms with Crippen LogP contribution >= 0.6 is 0 Å². The van der Waals surface area contributed by atoms with Crippen LogP contribution in [0.3, 0.4) is 0 Å². The standard InChI is InChI=1S/C38H36F3N3O5/c39-38(40,41)49-25-8-4-7-23(19-25)30-13-11-26-29-21-33(36(45)43-15-17-48-18-16-43)44-32-20-24(37(46)47)9-10-28(32)34(22-5-2-1-3-6-22)35(44)27(29)12-14-31(26)42-30/h4,7-14,19-20,22,33,37,46-47H,1-3,5-6,15-18,21H2. The van der Waals surface area contributed by atoms with Gasteiger partial charge >= 0.3 is 6.36 Å². The van der Waals surface area contributed by atoms with Gasteiger partial charge in [-0.25, -0.2) is 4.98 Å². The van der Waals surface area contributed by atoms with Gasteiger partial charge in [0.1, 0.15) is 11.8 Å². The second-order valence-electron chi connectivity index (χ2n) is 13.2. The van der Waals surface area contributed by atoms with Crippen LogP contribution in [0.15, 0.2) is 66.7 Å². The van der Waals surface area contributed by atoms with E-state index >= 15 is 0 Å². The average Bonchev–Trinajstić information content (AvgIpc) is 3.45. The van der Waals surface area contributed by atoms with Gasteiger partial charge in [0.2, 0.25) is 5.91 Å². The maximum absolute atomic E-state index is 14.5. The first-order chi connectivity index (χ1) is 23.7. The van der Waals surface area contributed by atoms with Gasteiger partial charge in [0.15, 0.2) is 6.29 Å². The summed E-state index contributed by atoms with van der Waals surface area (Å²) in [7, 11) is 0. The van der Waals surface area contributed by atoms with E-state index in [2.05, 4.69) is 9.30 Å². The molecule has 2 aliphatic heterocycles. The molecule has 2 aromatic heterocycles. The summed E-state index contributed by atoms with van der Waals surface area (Å²) < 4.78 is 50.7. The van der Waals surface area contributed by atoms with Crippen molar-refractivity contribution in [3.63, 3.8) is 0 Å². The Morgan fingerprint density at radius 3 is 2.47 bits per heavy atom. The minimum Gasteiger partial charge on any atom is -0.406 e. The molecule has 49 heavy (non-hydrogen) atoms. The highest BCUT2D eigenvalue weighted by Crippen LogP contribution is 2.50. The largest absolute Gasteiger partial charge is 0.573 e. The molecule has 5 aromatic rings. The Morgan fingerprint density at radius 2 is 1.71 bits per heavy atom. The molecule has 4 heterocycles. The van der Waals surface area contributed by atoms with Gasteiger partial charge in [-0.05, 0) is 60.2 Å². The lowest BCUT2D eigenvalue weighted by atomic mass is 9.80. The number of fused-ring (bicyclic) bond motifs is 7. The number of aliphatic hydroxyl groups excluding tert-OH is 1. The van der Waals surface area contributed by atoms with E-state index in [-0.39, 0.29) is 17.6 Å². The number of aliphatic hydroxyl groups is 2. The van der Waals surface area contributed by atoms with Gasteiger partial charge in [-0.2, -0.15) is 0 Å². The Balaban J connectivity index is 1.33. The van der Waals surface area contributed by atoms with Crippen LogP contribution in [0.25, 0.3) is 44.3 Å². The number of carbonyl (C=O) groups excluding carboxylic acids is 1.